The maximum atomic E-state index is 13.7. The van der Waals surface area contributed by atoms with Gasteiger partial charge in [0.25, 0.3) is 11.8 Å². The van der Waals surface area contributed by atoms with Gasteiger partial charge in [0.1, 0.15) is 0 Å². The van der Waals surface area contributed by atoms with E-state index in [4.69, 9.17) is 11.6 Å². The first-order valence-electron chi connectivity index (χ1n) is 14.6. The lowest BCUT2D eigenvalue weighted by Gasteiger charge is -2.35. The van der Waals surface area contributed by atoms with Crippen LogP contribution in [0.5, 0.6) is 0 Å². The number of halogens is 5. The van der Waals surface area contributed by atoms with Crippen molar-refractivity contribution in [2.24, 2.45) is 24.8 Å². The first-order valence-corrected chi connectivity index (χ1v) is 15.0. The summed E-state index contributed by atoms with van der Waals surface area (Å²) in [4.78, 5) is 46.8. The number of amides is 3. The molecule has 7 rings (SSSR count). The van der Waals surface area contributed by atoms with Crippen LogP contribution >= 0.6 is 24.0 Å². The number of fused-ring (bicyclic) bond motifs is 1. The monoisotopic (exact) mass is 666 g/mol. The molecule has 4 heterocycles. The van der Waals surface area contributed by atoms with Crippen molar-refractivity contribution >= 4 is 47.4 Å². The second kappa shape index (κ2) is 11.6. The van der Waals surface area contributed by atoms with Crippen LogP contribution in [-0.2, 0) is 18.0 Å². The van der Waals surface area contributed by atoms with Gasteiger partial charge in [-0.05, 0) is 56.0 Å². The number of rotatable bonds is 6. The van der Waals surface area contributed by atoms with E-state index in [2.05, 4.69) is 20.7 Å². The lowest BCUT2D eigenvalue weighted by atomic mass is 10.1. The first-order chi connectivity index (χ1) is 21.0. The minimum atomic E-state index is -4.67. The molecule has 3 amide bonds. The largest absolute Gasteiger partial charge is 0.435 e. The van der Waals surface area contributed by atoms with E-state index in [-0.39, 0.29) is 63.8 Å². The summed E-state index contributed by atoms with van der Waals surface area (Å²) in [6.07, 6.45) is -0.574. The second-order valence-corrected chi connectivity index (χ2v) is 12.3. The fourth-order valence-electron chi connectivity index (χ4n) is 6.43. The summed E-state index contributed by atoms with van der Waals surface area (Å²) in [6, 6.07) is 4.43. The van der Waals surface area contributed by atoms with Crippen LogP contribution in [-0.4, -0.2) is 86.1 Å². The van der Waals surface area contributed by atoms with E-state index < -0.39 is 17.8 Å². The van der Waals surface area contributed by atoms with E-state index in [1.54, 1.807) is 4.90 Å². The summed E-state index contributed by atoms with van der Waals surface area (Å²) in [7, 11) is 1.46. The predicted molar refractivity (Wildman–Crippen MR) is 160 cm³/mol. The summed E-state index contributed by atoms with van der Waals surface area (Å²) in [5.41, 5.74) is -0.520. The van der Waals surface area contributed by atoms with Gasteiger partial charge < -0.3 is 25.0 Å². The average molecular weight is 668 g/mol. The summed E-state index contributed by atoms with van der Waals surface area (Å²) >= 11 is 6.46. The molecule has 2 N–H and O–H groups in total. The van der Waals surface area contributed by atoms with Gasteiger partial charge in [-0.15, -0.1) is 12.4 Å². The normalized spacial score (nSPS) is 22.6. The van der Waals surface area contributed by atoms with E-state index in [1.165, 1.54) is 46.9 Å². The van der Waals surface area contributed by atoms with Crippen molar-refractivity contribution in [1.82, 2.24) is 34.4 Å². The van der Waals surface area contributed by atoms with Gasteiger partial charge in [-0.25, -0.2) is 4.98 Å². The van der Waals surface area contributed by atoms with Crippen molar-refractivity contribution in [3.8, 4) is 11.3 Å². The first kappa shape index (κ1) is 31.4. The highest BCUT2D eigenvalue weighted by atomic mass is 35.5. The maximum Gasteiger partial charge on any atom is 0.435 e. The molecule has 2 aliphatic heterocycles. The number of hydrogen-bond donors (Lipinski definition) is 2. The summed E-state index contributed by atoms with van der Waals surface area (Å²) < 4.78 is 43.8. The van der Waals surface area contributed by atoms with Crippen molar-refractivity contribution < 1.29 is 27.6 Å². The standard InChI is InChI=1S/C29H30ClF3N8O3.ClH/c1-38-22(20-14-41(16-3-4-16)37-24(20)29(31,32)33)13-35-25(38)26(42)36-15-2-5-17(21(30)10-15)27(43)39-6-8-40(9-7-39)28(44)23-18-11-34-12-19(18)23;/h2,5,10,13-14,16,18-19,23,34H,3-4,6-9,11-12H2,1H3,(H,36,42);1H/t18-,19+,23?;. The quantitative estimate of drug-likeness (QED) is 0.414. The van der Waals surface area contributed by atoms with Gasteiger partial charge in [0.2, 0.25) is 5.91 Å². The number of anilines is 1. The number of carbonyl (C=O) groups is 3. The zero-order chi connectivity index (χ0) is 30.9. The van der Waals surface area contributed by atoms with Crippen molar-refractivity contribution in [2.45, 2.75) is 25.1 Å². The van der Waals surface area contributed by atoms with Gasteiger partial charge in [-0.3, -0.25) is 19.1 Å². The van der Waals surface area contributed by atoms with Gasteiger partial charge >= 0.3 is 6.18 Å². The molecule has 2 aliphatic carbocycles. The van der Waals surface area contributed by atoms with Crippen LogP contribution in [0, 0.1) is 17.8 Å². The molecule has 240 valence electrons. The van der Waals surface area contributed by atoms with Gasteiger partial charge in [-0.1, -0.05) is 11.6 Å². The molecular weight excluding hydrogens is 636 g/mol. The number of carbonyl (C=O) groups excluding carboxylic acids is 3. The van der Waals surface area contributed by atoms with Crippen molar-refractivity contribution in [3.63, 3.8) is 0 Å². The Morgan fingerprint density at radius 2 is 1.71 bits per heavy atom. The van der Waals surface area contributed by atoms with Crippen LogP contribution in [0.3, 0.4) is 0 Å². The van der Waals surface area contributed by atoms with Crippen LogP contribution in [0.15, 0.2) is 30.6 Å². The number of benzene rings is 1. The molecule has 4 fully saturated rings. The molecular formula is C29H31Cl2F3N8O3. The number of nitrogens with one attached hydrogen (secondary N) is 2. The summed E-state index contributed by atoms with van der Waals surface area (Å²) in [6.45, 7) is 3.53. The third-order valence-corrected chi connectivity index (χ3v) is 9.41. The highest BCUT2D eigenvalue weighted by Gasteiger charge is 2.58. The zero-order valence-corrected chi connectivity index (χ0v) is 25.8. The lowest BCUT2D eigenvalue weighted by Crippen LogP contribution is -2.51. The third kappa shape index (κ3) is 5.79. The molecule has 0 bridgehead atoms. The molecule has 1 aromatic carbocycles. The Bertz CT molecular complexity index is 1650. The SMILES string of the molecule is Cl.Cn1c(-c2cn(C3CC3)nc2C(F)(F)F)cnc1C(=O)Nc1ccc(C(=O)N2CCN(C(=O)C3[C@H]4CNC[C@@H]34)CC2)c(Cl)c1. The van der Waals surface area contributed by atoms with E-state index in [1.807, 2.05) is 4.90 Å². The van der Waals surface area contributed by atoms with Gasteiger partial charge in [0.15, 0.2) is 11.5 Å². The van der Waals surface area contributed by atoms with E-state index >= 15 is 0 Å². The number of piperazine rings is 1. The molecule has 0 radical (unpaired) electrons. The highest BCUT2D eigenvalue weighted by molar-refractivity contribution is 6.34. The van der Waals surface area contributed by atoms with Gasteiger partial charge in [0, 0.05) is 51.0 Å². The molecule has 3 atom stereocenters. The Kier molecular flexibility index (Phi) is 8.11. The van der Waals surface area contributed by atoms with Crippen LogP contribution < -0.4 is 10.6 Å². The van der Waals surface area contributed by atoms with Gasteiger partial charge in [0.05, 0.1) is 34.1 Å². The second-order valence-electron chi connectivity index (χ2n) is 11.9. The molecule has 1 unspecified atom stereocenters. The number of hydrogen-bond acceptors (Lipinski definition) is 6. The fraction of sp³-hybridized carbons (Fsp3) is 0.483. The highest BCUT2D eigenvalue weighted by Crippen LogP contribution is 2.49. The Labute approximate surface area is 267 Å². The maximum absolute atomic E-state index is 13.7. The third-order valence-electron chi connectivity index (χ3n) is 9.10. The number of alkyl halides is 3. The number of aromatic nitrogens is 4. The fourth-order valence-corrected chi connectivity index (χ4v) is 6.70. The molecule has 2 saturated carbocycles. The van der Waals surface area contributed by atoms with E-state index in [9.17, 15) is 27.6 Å². The lowest BCUT2D eigenvalue weighted by molar-refractivity contribution is -0.141. The molecule has 3 aromatic rings. The molecule has 2 saturated heterocycles. The Morgan fingerprint density at radius 1 is 1.04 bits per heavy atom. The Hall–Kier alpha value is -3.62. The molecule has 45 heavy (non-hydrogen) atoms. The van der Waals surface area contributed by atoms with Crippen molar-refractivity contribution in [3.05, 3.63) is 52.7 Å². The molecule has 16 heteroatoms. The molecule has 0 spiro atoms. The average Bonchev–Trinajstić information content (AvgIpc) is 3.78. The Balaban J connectivity index is 0.00000357. The van der Waals surface area contributed by atoms with Crippen LogP contribution in [0.25, 0.3) is 11.3 Å². The number of imidazole rings is 1. The predicted octanol–water partition coefficient (Wildman–Crippen LogP) is 3.71. The van der Waals surface area contributed by atoms with E-state index in [0.29, 0.717) is 43.7 Å². The molecule has 11 nitrogen and oxygen atoms in total. The van der Waals surface area contributed by atoms with Crippen LogP contribution in [0.2, 0.25) is 5.02 Å². The minimum absolute atomic E-state index is 0. The molecule has 4 aliphatic rings. The minimum Gasteiger partial charge on any atom is -0.339 e. The van der Waals surface area contributed by atoms with Crippen molar-refractivity contribution in [2.75, 3.05) is 44.6 Å². The van der Waals surface area contributed by atoms with Crippen LogP contribution in [0.4, 0.5) is 18.9 Å². The van der Waals surface area contributed by atoms with Crippen LogP contribution in [0.1, 0.15) is 45.6 Å². The zero-order valence-electron chi connectivity index (χ0n) is 24.2. The van der Waals surface area contributed by atoms with Gasteiger partial charge in [-0.2, -0.15) is 18.3 Å². The Morgan fingerprint density at radius 3 is 2.33 bits per heavy atom. The molecule has 2 aromatic heterocycles. The number of nitrogens with zero attached hydrogens (tertiary/aromatic N) is 6. The van der Waals surface area contributed by atoms with Crippen molar-refractivity contribution in [1.29, 1.82) is 0 Å². The smallest absolute Gasteiger partial charge is 0.339 e. The summed E-state index contributed by atoms with van der Waals surface area (Å²) in [5.74, 6) is 0.138. The van der Waals surface area contributed by atoms with E-state index in [0.717, 1.165) is 25.9 Å². The number of piperidine rings is 1. The summed E-state index contributed by atoms with van der Waals surface area (Å²) in [5, 5.41) is 9.85. The topological polar surface area (TPSA) is 117 Å².